The second-order valence-electron chi connectivity index (χ2n) is 4.46. The average Bonchev–Trinajstić information content (AvgIpc) is 2.82. The van der Waals surface area contributed by atoms with Crippen molar-refractivity contribution in [2.24, 2.45) is 5.92 Å². The molecule has 2 rings (SSSR count). The molecule has 2 aliphatic rings. The maximum absolute atomic E-state index is 11.4. The van der Waals surface area contributed by atoms with E-state index in [1.807, 2.05) is 0 Å². The minimum Gasteiger partial charge on any atom is -0.466 e. The summed E-state index contributed by atoms with van der Waals surface area (Å²) < 4.78 is 4.77. The van der Waals surface area contributed by atoms with Crippen LogP contribution in [0, 0.1) is 5.92 Å². The Hall–Kier alpha value is -0.830. The summed E-state index contributed by atoms with van der Waals surface area (Å²) in [4.78, 5) is 11.4. The number of ether oxygens (including phenoxy) is 1. The third kappa shape index (κ3) is 2.40. The van der Waals surface area contributed by atoms with Gasteiger partial charge in [0.2, 0.25) is 0 Å². The topological polar surface area (TPSA) is 38.3 Å². The Morgan fingerprint density at radius 1 is 1.47 bits per heavy atom. The van der Waals surface area contributed by atoms with Crippen LogP contribution in [0.4, 0.5) is 0 Å². The zero-order valence-electron chi connectivity index (χ0n) is 9.29. The molecule has 1 atom stereocenters. The highest BCUT2D eigenvalue weighted by atomic mass is 16.5. The molecule has 0 aromatic heterocycles. The molecule has 84 valence electrons. The summed E-state index contributed by atoms with van der Waals surface area (Å²) in [5.74, 6) is 0.574. The van der Waals surface area contributed by atoms with Gasteiger partial charge >= 0.3 is 5.97 Å². The van der Waals surface area contributed by atoms with Gasteiger partial charge in [-0.1, -0.05) is 18.9 Å². The Morgan fingerprint density at radius 3 is 2.87 bits per heavy atom. The van der Waals surface area contributed by atoms with Crippen molar-refractivity contribution in [2.45, 2.75) is 38.1 Å². The van der Waals surface area contributed by atoms with Crippen molar-refractivity contribution in [1.82, 2.24) is 5.32 Å². The van der Waals surface area contributed by atoms with Crippen LogP contribution in [0.5, 0.6) is 0 Å². The van der Waals surface area contributed by atoms with Gasteiger partial charge in [0.05, 0.1) is 7.11 Å². The first-order chi connectivity index (χ1) is 7.31. The van der Waals surface area contributed by atoms with E-state index < -0.39 is 0 Å². The predicted octanol–water partition coefficient (Wildman–Crippen LogP) is 1.64. The van der Waals surface area contributed by atoms with Gasteiger partial charge < -0.3 is 10.1 Å². The molecule has 1 aliphatic heterocycles. The first-order valence-electron chi connectivity index (χ1n) is 5.83. The van der Waals surface area contributed by atoms with Gasteiger partial charge in [0.15, 0.2) is 0 Å². The van der Waals surface area contributed by atoms with Crippen molar-refractivity contribution in [2.75, 3.05) is 13.7 Å². The van der Waals surface area contributed by atoms with Gasteiger partial charge in [-0.3, -0.25) is 0 Å². The van der Waals surface area contributed by atoms with E-state index >= 15 is 0 Å². The zero-order valence-corrected chi connectivity index (χ0v) is 9.29. The van der Waals surface area contributed by atoms with Crippen molar-refractivity contribution in [1.29, 1.82) is 0 Å². The van der Waals surface area contributed by atoms with Crippen molar-refractivity contribution in [3.05, 3.63) is 11.6 Å². The third-order valence-corrected chi connectivity index (χ3v) is 3.51. The Morgan fingerprint density at radius 2 is 2.20 bits per heavy atom. The lowest BCUT2D eigenvalue weighted by Crippen LogP contribution is -2.38. The normalized spacial score (nSPS) is 27.5. The van der Waals surface area contributed by atoms with Gasteiger partial charge in [0, 0.05) is 11.6 Å². The van der Waals surface area contributed by atoms with Crippen LogP contribution >= 0.6 is 0 Å². The summed E-state index contributed by atoms with van der Waals surface area (Å²) in [5, 5.41) is 3.49. The van der Waals surface area contributed by atoms with E-state index in [0.29, 0.717) is 6.04 Å². The quantitative estimate of drug-likeness (QED) is 0.703. The van der Waals surface area contributed by atoms with E-state index in [2.05, 4.69) is 11.4 Å². The van der Waals surface area contributed by atoms with Crippen molar-refractivity contribution in [3.8, 4) is 0 Å². The molecule has 0 aromatic rings. The van der Waals surface area contributed by atoms with Crippen LogP contribution in [0.2, 0.25) is 0 Å². The SMILES string of the molecule is COC(=O)C1=CC(C2CCCC2)NCC1. The lowest BCUT2D eigenvalue weighted by Gasteiger charge is -2.26. The first-order valence-corrected chi connectivity index (χ1v) is 5.83. The summed E-state index contributed by atoms with van der Waals surface area (Å²) in [6.45, 7) is 0.905. The molecule has 0 aromatic carbocycles. The summed E-state index contributed by atoms with van der Waals surface area (Å²) in [5.41, 5.74) is 0.855. The van der Waals surface area contributed by atoms with E-state index in [0.717, 1.165) is 24.5 Å². The molecule has 0 bridgehead atoms. The number of rotatable bonds is 2. The molecule has 0 amide bonds. The summed E-state index contributed by atoms with van der Waals surface area (Å²) in [6, 6.07) is 0.398. The average molecular weight is 209 g/mol. The molecule has 1 N–H and O–H groups in total. The number of hydrogen-bond donors (Lipinski definition) is 1. The highest BCUT2D eigenvalue weighted by Crippen LogP contribution is 2.30. The Labute approximate surface area is 90.9 Å². The minimum absolute atomic E-state index is 0.153. The number of esters is 1. The van der Waals surface area contributed by atoms with Crippen LogP contribution in [-0.2, 0) is 9.53 Å². The molecule has 0 saturated heterocycles. The molecule has 0 radical (unpaired) electrons. The second kappa shape index (κ2) is 4.79. The van der Waals surface area contributed by atoms with Crippen LogP contribution in [0.1, 0.15) is 32.1 Å². The lowest BCUT2D eigenvalue weighted by atomic mass is 9.92. The van der Waals surface area contributed by atoms with Crippen LogP contribution < -0.4 is 5.32 Å². The van der Waals surface area contributed by atoms with Crippen molar-refractivity contribution >= 4 is 5.97 Å². The first kappa shape index (κ1) is 10.7. The molecule has 3 nitrogen and oxygen atoms in total. The number of methoxy groups -OCH3 is 1. The summed E-state index contributed by atoms with van der Waals surface area (Å²) in [7, 11) is 1.45. The van der Waals surface area contributed by atoms with Gasteiger partial charge in [-0.15, -0.1) is 0 Å². The van der Waals surface area contributed by atoms with E-state index in [-0.39, 0.29) is 5.97 Å². The van der Waals surface area contributed by atoms with Crippen molar-refractivity contribution in [3.63, 3.8) is 0 Å². The Kier molecular flexibility index (Phi) is 3.41. The second-order valence-corrected chi connectivity index (χ2v) is 4.46. The third-order valence-electron chi connectivity index (χ3n) is 3.51. The van der Waals surface area contributed by atoms with Gasteiger partial charge in [-0.05, 0) is 31.7 Å². The molecule has 1 fully saturated rings. The lowest BCUT2D eigenvalue weighted by molar-refractivity contribution is -0.136. The minimum atomic E-state index is -0.153. The highest BCUT2D eigenvalue weighted by molar-refractivity contribution is 5.88. The number of hydrogen-bond acceptors (Lipinski definition) is 3. The standard InChI is InChI=1S/C12H19NO2/c1-15-12(14)10-6-7-13-11(8-10)9-4-2-3-5-9/h8-9,11,13H,2-7H2,1H3. The van der Waals surface area contributed by atoms with E-state index in [4.69, 9.17) is 4.74 Å². The van der Waals surface area contributed by atoms with Crippen LogP contribution in [0.3, 0.4) is 0 Å². The summed E-state index contributed by atoms with van der Waals surface area (Å²) >= 11 is 0. The molecular weight excluding hydrogens is 190 g/mol. The van der Waals surface area contributed by atoms with E-state index in [1.165, 1.54) is 32.8 Å². The van der Waals surface area contributed by atoms with Gasteiger partial charge in [0.25, 0.3) is 0 Å². The molecule has 3 heteroatoms. The Bertz CT molecular complexity index is 267. The molecule has 1 saturated carbocycles. The molecule has 15 heavy (non-hydrogen) atoms. The predicted molar refractivity (Wildman–Crippen MR) is 58.5 cm³/mol. The van der Waals surface area contributed by atoms with E-state index in [9.17, 15) is 4.79 Å². The molecular formula is C12H19NO2. The zero-order chi connectivity index (χ0) is 10.7. The number of carbonyl (C=O) groups is 1. The molecule has 1 aliphatic carbocycles. The van der Waals surface area contributed by atoms with Crippen LogP contribution in [0.15, 0.2) is 11.6 Å². The molecule has 1 heterocycles. The Balaban J connectivity index is 2.03. The van der Waals surface area contributed by atoms with Crippen LogP contribution in [-0.4, -0.2) is 25.7 Å². The largest absolute Gasteiger partial charge is 0.466 e. The van der Waals surface area contributed by atoms with Gasteiger partial charge in [-0.2, -0.15) is 0 Å². The monoisotopic (exact) mass is 209 g/mol. The van der Waals surface area contributed by atoms with Gasteiger partial charge in [0.1, 0.15) is 0 Å². The maximum Gasteiger partial charge on any atom is 0.333 e. The molecule has 1 unspecified atom stereocenters. The number of nitrogens with one attached hydrogen (secondary N) is 1. The fourth-order valence-electron chi connectivity index (χ4n) is 2.65. The van der Waals surface area contributed by atoms with Crippen molar-refractivity contribution < 1.29 is 9.53 Å². The maximum atomic E-state index is 11.4. The fraction of sp³-hybridized carbons (Fsp3) is 0.750. The smallest absolute Gasteiger partial charge is 0.333 e. The van der Waals surface area contributed by atoms with Crippen LogP contribution in [0.25, 0.3) is 0 Å². The summed E-state index contributed by atoms with van der Waals surface area (Å²) in [6.07, 6.45) is 8.15. The molecule has 0 spiro atoms. The highest BCUT2D eigenvalue weighted by Gasteiger charge is 2.27. The van der Waals surface area contributed by atoms with E-state index in [1.54, 1.807) is 0 Å². The number of carbonyl (C=O) groups excluding carboxylic acids is 1. The van der Waals surface area contributed by atoms with Gasteiger partial charge in [-0.25, -0.2) is 4.79 Å². The fourth-order valence-corrected chi connectivity index (χ4v) is 2.65.